The van der Waals surface area contributed by atoms with E-state index in [0.717, 1.165) is 25.5 Å². The van der Waals surface area contributed by atoms with Crippen molar-refractivity contribution in [3.05, 3.63) is 23.8 Å². The number of unbranched alkanes of at least 4 members (excludes halogenated alkanes) is 1. The average molecular weight is 295 g/mol. The summed E-state index contributed by atoms with van der Waals surface area (Å²) in [6, 6.07) is 3.30. The number of hydrogen-bond acceptors (Lipinski definition) is 4. The molecular formula is C14H21N3O4. The molecule has 0 bridgehead atoms. The van der Waals surface area contributed by atoms with Crippen molar-refractivity contribution in [1.82, 2.24) is 10.2 Å². The summed E-state index contributed by atoms with van der Waals surface area (Å²) >= 11 is 0. The highest BCUT2D eigenvalue weighted by Gasteiger charge is 2.13. The normalized spacial score (nSPS) is 10.4. The average Bonchev–Trinajstić information content (AvgIpc) is 2.39. The van der Waals surface area contributed by atoms with E-state index in [4.69, 9.17) is 5.11 Å². The first-order valence-electron chi connectivity index (χ1n) is 6.66. The SMILES string of the molecule is CN(C)CCCCNC(=O)Nc1ccc(O)cc1C(=O)O. The van der Waals surface area contributed by atoms with E-state index in [1.54, 1.807) is 0 Å². The summed E-state index contributed by atoms with van der Waals surface area (Å²) in [6.45, 7) is 1.46. The van der Waals surface area contributed by atoms with Gasteiger partial charge in [0.05, 0.1) is 11.3 Å². The maximum atomic E-state index is 11.7. The number of aromatic hydroxyl groups is 1. The van der Waals surface area contributed by atoms with Gasteiger partial charge < -0.3 is 25.7 Å². The number of benzene rings is 1. The monoisotopic (exact) mass is 295 g/mol. The van der Waals surface area contributed by atoms with Crippen molar-refractivity contribution in [2.24, 2.45) is 0 Å². The van der Waals surface area contributed by atoms with Gasteiger partial charge in [0.2, 0.25) is 0 Å². The molecule has 1 aromatic rings. The van der Waals surface area contributed by atoms with Crippen LogP contribution >= 0.6 is 0 Å². The zero-order valence-electron chi connectivity index (χ0n) is 12.2. The Bertz CT molecular complexity index is 503. The van der Waals surface area contributed by atoms with E-state index in [9.17, 15) is 14.7 Å². The van der Waals surface area contributed by atoms with E-state index in [0.29, 0.717) is 6.54 Å². The summed E-state index contributed by atoms with van der Waals surface area (Å²) in [5, 5.41) is 23.4. The van der Waals surface area contributed by atoms with Gasteiger partial charge in [-0.1, -0.05) is 0 Å². The predicted molar refractivity (Wildman–Crippen MR) is 79.9 cm³/mol. The van der Waals surface area contributed by atoms with Crippen LogP contribution in [0.2, 0.25) is 0 Å². The van der Waals surface area contributed by atoms with Gasteiger partial charge in [0, 0.05) is 6.54 Å². The highest BCUT2D eigenvalue weighted by atomic mass is 16.4. The number of carboxylic acid groups (broad SMARTS) is 1. The number of nitrogens with one attached hydrogen (secondary N) is 2. The van der Waals surface area contributed by atoms with Crippen molar-refractivity contribution < 1.29 is 19.8 Å². The van der Waals surface area contributed by atoms with Gasteiger partial charge in [0.25, 0.3) is 0 Å². The van der Waals surface area contributed by atoms with Crippen LogP contribution in [-0.2, 0) is 0 Å². The molecule has 0 aliphatic rings. The molecule has 2 amide bonds. The molecule has 1 aromatic carbocycles. The van der Waals surface area contributed by atoms with Crippen LogP contribution in [0.1, 0.15) is 23.2 Å². The Morgan fingerprint density at radius 1 is 1.24 bits per heavy atom. The van der Waals surface area contributed by atoms with Crippen molar-refractivity contribution in [3.8, 4) is 5.75 Å². The maximum absolute atomic E-state index is 11.7. The summed E-state index contributed by atoms with van der Waals surface area (Å²) in [7, 11) is 3.97. The zero-order valence-corrected chi connectivity index (χ0v) is 12.2. The minimum Gasteiger partial charge on any atom is -0.508 e. The van der Waals surface area contributed by atoms with Gasteiger partial charge >= 0.3 is 12.0 Å². The number of urea groups is 1. The summed E-state index contributed by atoms with van der Waals surface area (Å²) in [6.07, 6.45) is 1.81. The molecule has 0 fully saturated rings. The van der Waals surface area contributed by atoms with Crippen LogP contribution in [0.15, 0.2) is 18.2 Å². The first kappa shape index (κ1) is 16.8. The Morgan fingerprint density at radius 2 is 1.95 bits per heavy atom. The summed E-state index contributed by atoms with van der Waals surface area (Å²) in [5.41, 5.74) is -0.0103. The lowest BCUT2D eigenvalue weighted by Crippen LogP contribution is -2.30. The number of phenolic OH excluding ortho intramolecular Hbond substituents is 1. The molecule has 1 rings (SSSR count). The van der Waals surface area contributed by atoms with Crippen molar-refractivity contribution in [1.29, 1.82) is 0 Å². The second-order valence-corrected chi connectivity index (χ2v) is 4.93. The third-order valence-corrected chi connectivity index (χ3v) is 2.80. The number of amides is 2. The van der Waals surface area contributed by atoms with Crippen LogP contribution < -0.4 is 10.6 Å². The Balaban J connectivity index is 2.46. The number of carbonyl (C=O) groups is 2. The molecule has 0 aliphatic carbocycles. The van der Waals surface area contributed by atoms with Gasteiger partial charge in [-0.3, -0.25) is 0 Å². The molecule has 0 radical (unpaired) electrons. The van der Waals surface area contributed by atoms with E-state index in [2.05, 4.69) is 15.5 Å². The maximum Gasteiger partial charge on any atom is 0.337 e. The van der Waals surface area contributed by atoms with Gasteiger partial charge in [-0.15, -0.1) is 0 Å². The van der Waals surface area contributed by atoms with E-state index >= 15 is 0 Å². The van der Waals surface area contributed by atoms with Gasteiger partial charge in [0.1, 0.15) is 5.75 Å². The Kier molecular flexibility index (Phi) is 6.48. The van der Waals surface area contributed by atoms with Crippen molar-refractivity contribution in [2.45, 2.75) is 12.8 Å². The number of anilines is 1. The topological polar surface area (TPSA) is 102 Å². The van der Waals surface area contributed by atoms with Gasteiger partial charge in [-0.05, 0) is 51.7 Å². The standard InChI is InChI=1S/C14H21N3O4/c1-17(2)8-4-3-7-15-14(21)16-12-6-5-10(18)9-11(12)13(19)20/h5-6,9,18H,3-4,7-8H2,1-2H3,(H,19,20)(H2,15,16,21). The summed E-state index contributed by atoms with van der Waals surface area (Å²) < 4.78 is 0. The third-order valence-electron chi connectivity index (χ3n) is 2.80. The van der Waals surface area contributed by atoms with E-state index < -0.39 is 12.0 Å². The smallest absolute Gasteiger partial charge is 0.337 e. The lowest BCUT2D eigenvalue weighted by atomic mass is 10.1. The quantitative estimate of drug-likeness (QED) is 0.451. The van der Waals surface area contributed by atoms with E-state index in [1.807, 2.05) is 14.1 Å². The third kappa shape index (κ3) is 6.13. The molecule has 21 heavy (non-hydrogen) atoms. The molecule has 7 heteroatoms. The van der Waals surface area contributed by atoms with Crippen molar-refractivity contribution in [3.63, 3.8) is 0 Å². The molecule has 0 spiro atoms. The number of aromatic carboxylic acids is 1. The largest absolute Gasteiger partial charge is 0.508 e. The lowest BCUT2D eigenvalue weighted by molar-refractivity contribution is 0.0697. The molecule has 0 atom stereocenters. The van der Waals surface area contributed by atoms with Crippen LogP contribution in [0.5, 0.6) is 5.75 Å². The van der Waals surface area contributed by atoms with Gasteiger partial charge in [0.15, 0.2) is 0 Å². The van der Waals surface area contributed by atoms with Gasteiger partial charge in [-0.2, -0.15) is 0 Å². The number of carboxylic acids is 1. The van der Waals surface area contributed by atoms with Crippen LogP contribution in [0.25, 0.3) is 0 Å². The summed E-state index contributed by atoms with van der Waals surface area (Å²) in [4.78, 5) is 24.8. The second-order valence-electron chi connectivity index (χ2n) is 4.93. The Hall–Kier alpha value is -2.28. The van der Waals surface area contributed by atoms with Crippen LogP contribution in [0.4, 0.5) is 10.5 Å². The zero-order chi connectivity index (χ0) is 15.8. The first-order valence-corrected chi connectivity index (χ1v) is 6.66. The minimum atomic E-state index is -1.22. The first-order chi connectivity index (χ1) is 9.90. The molecule has 0 saturated heterocycles. The molecule has 0 unspecified atom stereocenters. The molecular weight excluding hydrogens is 274 g/mol. The number of carbonyl (C=O) groups excluding carboxylic acids is 1. The highest BCUT2D eigenvalue weighted by molar-refractivity contribution is 6.00. The van der Waals surface area contributed by atoms with E-state index in [-0.39, 0.29) is 17.0 Å². The molecule has 0 heterocycles. The fraction of sp³-hybridized carbons (Fsp3) is 0.429. The minimum absolute atomic E-state index is 0.145. The number of hydrogen-bond donors (Lipinski definition) is 4. The molecule has 0 saturated carbocycles. The molecule has 7 nitrogen and oxygen atoms in total. The van der Waals surface area contributed by atoms with Crippen LogP contribution in [0.3, 0.4) is 0 Å². The van der Waals surface area contributed by atoms with Crippen LogP contribution in [-0.4, -0.2) is 54.3 Å². The summed E-state index contributed by atoms with van der Waals surface area (Å²) in [5.74, 6) is -1.38. The second kappa shape index (κ2) is 8.11. The van der Waals surface area contributed by atoms with Crippen molar-refractivity contribution in [2.75, 3.05) is 32.5 Å². The van der Waals surface area contributed by atoms with Crippen molar-refractivity contribution >= 4 is 17.7 Å². The lowest BCUT2D eigenvalue weighted by Gasteiger charge is -2.11. The highest BCUT2D eigenvalue weighted by Crippen LogP contribution is 2.21. The molecule has 4 N–H and O–H groups in total. The fourth-order valence-corrected chi connectivity index (χ4v) is 1.74. The van der Waals surface area contributed by atoms with Gasteiger partial charge in [-0.25, -0.2) is 9.59 Å². The fourth-order valence-electron chi connectivity index (χ4n) is 1.74. The number of phenols is 1. The van der Waals surface area contributed by atoms with E-state index in [1.165, 1.54) is 12.1 Å². The van der Waals surface area contributed by atoms with Crippen LogP contribution in [0, 0.1) is 0 Å². The molecule has 0 aliphatic heterocycles. The molecule has 0 aromatic heterocycles. The Labute approximate surface area is 123 Å². The Morgan fingerprint density at radius 3 is 2.57 bits per heavy atom. The molecule has 116 valence electrons. The number of rotatable bonds is 7. The number of nitrogens with zero attached hydrogens (tertiary/aromatic N) is 1. The predicted octanol–water partition coefficient (Wildman–Crippen LogP) is 1.55.